The molecule has 2 aliphatic heterocycles. The molecular formula is C21H28FN5O. The third-order valence-corrected chi connectivity index (χ3v) is 5.96. The summed E-state index contributed by atoms with van der Waals surface area (Å²) in [6.07, 6.45) is 5.73. The Kier molecular flexibility index (Phi) is 5.71. The second-order valence-electron chi connectivity index (χ2n) is 7.97. The van der Waals surface area contributed by atoms with E-state index < -0.39 is 0 Å². The summed E-state index contributed by atoms with van der Waals surface area (Å²) in [6, 6.07) is 5.93. The second-order valence-corrected chi connectivity index (χ2v) is 7.97. The highest BCUT2D eigenvalue weighted by Crippen LogP contribution is 2.27. The van der Waals surface area contributed by atoms with Crippen LogP contribution < -0.4 is 0 Å². The van der Waals surface area contributed by atoms with Gasteiger partial charge in [-0.25, -0.2) is 4.39 Å². The molecule has 2 aliphatic rings. The van der Waals surface area contributed by atoms with E-state index in [-0.39, 0.29) is 17.6 Å². The molecule has 6 nitrogen and oxygen atoms in total. The van der Waals surface area contributed by atoms with E-state index in [2.05, 4.69) is 19.7 Å². The van der Waals surface area contributed by atoms with Crippen LogP contribution in [-0.4, -0.2) is 56.7 Å². The number of carbonyl (C=O) groups is 1. The molecular weight excluding hydrogens is 357 g/mol. The van der Waals surface area contributed by atoms with Gasteiger partial charge in [-0.05, 0) is 57.0 Å². The van der Waals surface area contributed by atoms with Crippen molar-refractivity contribution in [3.05, 3.63) is 47.3 Å². The lowest BCUT2D eigenvalue weighted by atomic mass is 9.96. The Hall–Kier alpha value is -2.28. The molecule has 1 amide bonds. The van der Waals surface area contributed by atoms with Gasteiger partial charge in [0.15, 0.2) is 0 Å². The van der Waals surface area contributed by atoms with Crippen molar-refractivity contribution in [3.8, 4) is 0 Å². The minimum absolute atomic E-state index is 0.111. The van der Waals surface area contributed by atoms with E-state index in [0.717, 1.165) is 44.1 Å². The number of carbonyl (C=O) groups excluding carboxylic acids is 1. The van der Waals surface area contributed by atoms with Crippen LogP contribution >= 0.6 is 0 Å². The van der Waals surface area contributed by atoms with Crippen LogP contribution in [0.1, 0.15) is 60.0 Å². The first-order valence-corrected chi connectivity index (χ1v) is 10.3. The van der Waals surface area contributed by atoms with Gasteiger partial charge in [0.1, 0.15) is 17.5 Å². The summed E-state index contributed by atoms with van der Waals surface area (Å²) in [4.78, 5) is 17.1. The number of nitrogens with zero attached hydrogens (tertiary/aromatic N) is 5. The molecule has 0 N–H and O–H groups in total. The number of hydrogen-bond acceptors (Lipinski definition) is 4. The summed E-state index contributed by atoms with van der Waals surface area (Å²) >= 11 is 0. The van der Waals surface area contributed by atoms with E-state index in [9.17, 15) is 9.18 Å². The van der Waals surface area contributed by atoms with Crippen LogP contribution in [0.15, 0.2) is 24.3 Å². The van der Waals surface area contributed by atoms with Gasteiger partial charge in [0.05, 0.1) is 6.54 Å². The molecule has 3 heterocycles. The number of aromatic nitrogens is 3. The first-order valence-electron chi connectivity index (χ1n) is 10.3. The number of piperidine rings is 2. The molecule has 1 aromatic carbocycles. The van der Waals surface area contributed by atoms with Crippen molar-refractivity contribution in [2.75, 3.05) is 26.2 Å². The average Bonchev–Trinajstić information content (AvgIpc) is 3.08. The van der Waals surface area contributed by atoms with Crippen molar-refractivity contribution in [2.45, 2.75) is 44.6 Å². The van der Waals surface area contributed by atoms with Crippen molar-refractivity contribution < 1.29 is 9.18 Å². The van der Waals surface area contributed by atoms with Crippen LogP contribution in [0.2, 0.25) is 0 Å². The summed E-state index contributed by atoms with van der Waals surface area (Å²) in [5.41, 5.74) is 0.407. The maximum Gasteiger partial charge on any atom is 0.253 e. The van der Waals surface area contributed by atoms with Gasteiger partial charge >= 0.3 is 0 Å². The molecule has 0 radical (unpaired) electrons. The van der Waals surface area contributed by atoms with Gasteiger partial charge in [-0.2, -0.15) is 0 Å². The molecule has 0 aliphatic carbocycles. The van der Waals surface area contributed by atoms with E-state index in [1.165, 1.54) is 31.4 Å². The SMILES string of the molecule is Cn1c(CN2CCCCC2)nnc1[C@@H]1CCCN(C(=O)c2cccc(F)c2)C1. The average molecular weight is 385 g/mol. The zero-order chi connectivity index (χ0) is 19.5. The fraction of sp³-hybridized carbons (Fsp3) is 0.571. The molecule has 2 saturated heterocycles. The number of hydrogen-bond donors (Lipinski definition) is 0. The third kappa shape index (κ3) is 4.09. The Balaban J connectivity index is 1.45. The lowest BCUT2D eigenvalue weighted by molar-refractivity contribution is 0.0703. The summed E-state index contributed by atoms with van der Waals surface area (Å²) in [5.74, 6) is 1.61. The zero-order valence-corrected chi connectivity index (χ0v) is 16.5. The Morgan fingerprint density at radius 1 is 1.14 bits per heavy atom. The van der Waals surface area contributed by atoms with Crippen LogP contribution in [-0.2, 0) is 13.6 Å². The molecule has 2 fully saturated rings. The molecule has 28 heavy (non-hydrogen) atoms. The standard InChI is InChI=1S/C21H28FN5O/c1-25-19(15-26-10-3-2-4-11-26)23-24-20(25)17-8-6-12-27(14-17)21(28)16-7-5-9-18(22)13-16/h5,7,9,13,17H,2-4,6,8,10-12,14-15H2,1H3/t17-/m1/s1. The third-order valence-electron chi connectivity index (χ3n) is 5.96. The molecule has 1 aromatic heterocycles. The summed E-state index contributed by atoms with van der Waals surface area (Å²) in [5, 5.41) is 8.92. The number of amides is 1. The molecule has 0 saturated carbocycles. The van der Waals surface area contributed by atoms with E-state index in [0.29, 0.717) is 18.7 Å². The lowest BCUT2D eigenvalue weighted by Crippen LogP contribution is -2.39. The van der Waals surface area contributed by atoms with Crippen LogP contribution in [0.5, 0.6) is 0 Å². The van der Waals surface area contributed by atoms with Crippen molar-refractivity contribution in [1.29, 1.82) is 0 Å². The molecule has 2 aromatic rings. The number of halogens is 1. The predicted molar refractivity (Wildman–Crippen MR) is 104 cm³/mol. The van der Waals surface area contributed by atoms with Crippen molar-refractivity contribution in [3.63, 3.8) is 0 Å². The van der Waals surface area contributed by atoms with Gasteiger partial charge in [-0.3, -0.25) is 9.69 Å². The van der Waals surface area contributed by atoms with Gasteiger partial charge in [0.2, 0.25) is 0 Å². The molecule has 0 bridgehead atoms. The monoisotopic (exact) mass is 385 g/mol. The van der Waals surface area contributed by atoms with Gasteiger partial charge in [0, 0.05) is 31.6 Å². The number of likely N-dealkylation sites (tertiary alicyclic amines) is 2. The predicted octanol–water partition coefficient (Wildman–Crippen LogP) is 2.96. The smallest absolute Gasteiger partial charge is 0.253 e. The van der Waals surface area contributed by atoms with Crippen molar-refractivity contribution in [2.24, 2.45) is 7.05 Å². The van der Waals surface area contributed by atoms with Gasteiger partial charge in [0.25, 0.3) is 5.91 Å². The minimum atomic E-state index is -0.380. The van der Waals surface area contributed by atoms with Gasteiger partial charge in [-0.15, -0.1) is 10.2 Å². The number of benzene rings is 1. The van der Waals surface area contributed by atoms with Crippen LogP contribution in [0.4, 0.5) is 4.39 Å². The van der Waals surface area contributed by atoms with Crippen molar-refractivity contribution in [1.82, 2.24) is 24.6 Å². The Morgan fingerprint density at radius 3 is 2.75 bits per heavy atom. The highest BCUT2D eigenvalue weighted by molar-refractivity contribution is 5.94. The molecule has 0 spiro atoms. The normalized spacial score (nSPS) is 21.1. The molecule has 7 heteroatoms. The fourth-order valence-corrected chi connectivity index (χ4v) is 4.36. The summed E-state index contributed by atoms with van der Waals surface area (Å²) < 4.78 is 15.6. The van der Waals surface area contributed by atoms with Gasteiger partial charge < -0.3 is 9.47 Å². The van der Waals surface area contributed by atoms with E-state index in [1.807, 2.05) is 11.9 Å². The van der Waals surface area contributed by atoms with Crippen molar-refractivity contribution >= 4 is 5.91 Å². The summed E-state index contributed by atoms with van der Waals surface area (Å²) in [6.45, 7) is 4.39. The largest absolute Gasteiger partial charge is 0.338 e. The Labute approximate surface area is 165 Å². The fourth-order valence-electron chi connectivity index (χ4n) is 4.36. The zero-order valence-electron chi connectivity index (χ0n) is 16.5. The topological polar surface area (TPSA) is 54.3 Å². The van der Waals surface area contributed by atoms with Crippen LogP contribution in [0, 0.1) is 5.82 Å². The number of rotatable bonds is 4. The van der Waals surface area contributed by atoms with Gasteiger partial charge in [-0.1, -0.05) is 12.5 Å². The highest BCUT2D eigenvalue weighted by atomic mass is 19.1. The maximum atomic E-state index is 13.5. The quantitative estimate of drug-likeness (QED) is 0.812. The van der Waals surface area contributed by atoms with E-state index in [1.54, 1.807) is 12.1 Å². The maximum absolute atomic E-state index is 13.5. The van der Waals surface area contributed by atoms with Crippen LogP contribution in [0.25, 0.3) is 0 Å². The summed E-state index contributed by atoms with van der Waals surface area (Å²) in [7, 11) is 2.03. The van der Waals surface area contributed by atoms with E-state index >= 15 is 0 Å². The first-order chi connectivity index (χ1) is 13.6. The lowest BCUT2D eigenvalue weighted by Gasteiger charge is -2.32. The molecule has 0 unspecified atom stereocenters. The molecule has 150 valence electrons. The Morgan fingerprint density at radius 2 is 1.96 bits per heavy atom. The Bertz CT molecular complexity index is 830. The van der Waals surface area contributed by atoms with E-state index in [4.69, 9.17) is 0 Å². The van der Waals surface area contributed by atoms with Crippen LogP contribution in [0.3, 0.4) is 0 Å². The first kappa shape index (κ1) is 19.1. The second kappa shape index (κ2) is 8.39. The molecule has 1 atom stereocenters. The molecule has 4 rings (SSSR count). The minimum Gasteiger partial charge on any atom is -0.338 e. The highest BCUT2D eigenvalue weighted by Gasteiger charge is 2.29.